The van der Waals surface area contributed by atoms with E-state index in [0.29, 0.717) is 22.4 Å². The molecule has 1 aliphatic rings. The summed E-state index contributed by atoms with van der Waals surface area (Å²) in [4.78, 5) is 25.7. The number of rotatable bonds is 2. The van der Waals surface area contributed by atoms with Crippen molar-refractivity contribution >= 4 is 39.0 Å². The summed E-state index contributed by atoms with van der Waals surface area (Å²) in [6.45, 7) is 0. The molecule has 0 saturated heterocycles. The van der Waals surface area contributed by atoms with Gasteiger partial charge in [-0.2, -0.15) is 4.37 Å². The van der Waals surface area contributed by atoms with Crippen molar-refractivity contribution in [3.05, 3.63) is 83.4 Å². The fourth-order valence-corrected chi connectivity index (χ4v) is 4.20. The van der Waals surface area contributed by atoms with Crippen molar-refractivity contribution in [2.45, 2.75) is 0 Å². The molecule has 0 aliphatic heterocycles. The number of anilines is 1. The van der Waals surface area contributed by atoms with Gasteiger partial charge < -0.3 is 5.32 Å². The fraction of sp³-hybridized carbons (Fsp3) is 0. The molecule has 1 aromatic heterocycles. The second kappa shape index (κ2) is 5.61. The minimum atomic E-state index is -0.242. The van der Waals surface area contributed by atoms with Crippen LogP contribution < -0.4 is 5.32 Å². The highest BCUT2D eigenvalue weighted by Gasteiger charge is 2.30. The number of fused-ring (bicyclic) bond motifs is 2. The quantitative estimate of drug-likeness (QED) is 0.496. The van der Waals surface area contributed by atoms with Gasteiger partial charge in [0.25, 0.3) is 5.91 Å². The summed E-state index contributed by atoms with van der Waals surface area (Å²) in [7, 11) is 0. The van der Waals surface area contributed by atoms with Crippen LogP contribution in [0.5, 0.6) is 0 Å². The normalized spacial score (nSPS) is 12.1. The van der Waals surface area contributed by atoms with E-state index in [1.165, 1.54) is 11.5 Å². The van der Waals surface area contributed by atoms with E-state index in [1.54, 1.807) is 18.2 Å². The van der Waals surface area contributed by atoms with Gasteiger partial charge in [-0.15, -0.1) is 0 Å². The Morgan fingerprint density at radius 1 is 0.885 bits per heavy atom. The largest absolute Gasteiger partial charge is 0.321 e. The number of nitrogens with one attached hydrogen (secondary N) is 1. The van der Waals surface area contributed by atoms with E-state index in [9.17, 15) is 9.59 Å². The number of amides is 1. The maximum Gasteiger partial charge on any atom is 0.255 e. The minimum absolute atomic E-state index is 0.0812. The van der Waals surface area contributed by atoms with Gasteiger partial charge in [-0.05, 0) is 35.8 Å². The van der Waals surface area contributed by atoms with E-state index >= 15 is 0 Å². The lowest BCUT2D eigenvalue weighted by Crippen LogP contribution is -2.17. The summed E-state index contributed by atoms with van der Waals surface area (Å²) in [6, 6.07) is 20.1. The zero-order chi connectivity index (χ0) is 17.7. The lowest BCUT2D eigenvalue weighted by atomic mass is 9.86. The van der Waals surface area contributed by atoms with Crippen LogP contribution >= 0.6 is 11.5 Å². The molecule has 124 valence electrons. The lowest BCUT2D eigenvalue weighted by molar-refractivity contribution is 0.102. The molecule has 1 amide bonds. The average molecular weight is 356 g/mol. The van der Waals surface area contributed by atoms with Crippen molar-refractivity contribution in [3.63, 3.8) is 0 Å². The molecule has 0 fully saturated rings. The maximum atomic E-state index is 13.2. The summed E-state index contributed by atoms with van der Waals surface area (Å²) in [5.74, 6) is -0.323. The first kappa shape index (κ1) is 15.0. The second-order valence-electron chi connectivity index (χ2n) is 6.09. The third-order valence-corrected chi connectivity index (χ3v) is 5.38. The average Bonchev–Trinajstić information content (AvgIpc) is 3.12. The standard InChI is InChI=1S/C21H12N2O2S/c24-20-14-9-5-11-16-18(14)19(23-26-16)13-8-4-10-15(17(13)20)22-21(25)12-6-2-1-3-7-12/h1-11H,(H,22,25). The summed E-state index contributed by atoms with van der Waals surface area (Å²) < 4.78 is 5.55. The minimum Gasteiger partial charge on any atom is -0.321 e. The van der Waals surface area contributed by atoms with Crippen LogP contribution in [0.3, 0.4) is 0 Å². The van der Waals surface area contributed by atoms with Crippen molar-refractivity contribution in [2.75, 3.05) is 5.32 Å². The number of ketones is 1. The molecule has 1 N–H and O–H groups in total. The van der Waals surface area contributed by atoms with Crippen LogP contribution in [0.2, 0.25) is 0 Å². The molecule has 0 radical (unpaired) electrons. The Labute approximate surface area is 153 Å². The van der Waals surface area contributed by atoms with Crippen LogP contribution in [-0.4, -0.2) is 16.1 Å². The number of carbonyl (C=O) groups excluding carboxylic acids is 2. The van der Waals surface area contributed by atoms with Crippen LogP contribution in [0.1, 0.15) is 26.3 Å². The summed E-state index contributed by atoms with van der Waals surface area (Å²) in [6.07, 6.45) is 0. The fourth-order valence-electron chi connectivity index (χ4n) is 3.38. The van der Waals surface area contributed by atoms with E-state index in [2.05, 4.69) is 9.69 Å². The van der Waals surface area contributed by atoms with Crippen molar-refractivity contribution < 1.29 is 9.59 Å². The predicted octanol–water partition coefficient (Wildman–Crippen LogP) is 4.76. The molecule has 0 saturated carbocycles. The van der Waals surface area contributed by atoms with Gasteiger partial charge in [-0.25, -0.2) is 0 Å². The molecule has 3 aromatic carbocycles. The van der Waals surface area contributed by atoms with Gasteiger partial charge in [0.2, 0.25) is 0 Å². The first-order valence-corrected chi connectivity index (χ1v) is 8.94. The highest BCUT2D eigenvalue weighted by Crippen LogP contribution is 2.42. The molecular weight excluding hydrogens is 344 g/mol. The zero-order valence-corrected chi connectivity index (χ0v) is 14.3. The monoisotopic (exact) mass is 356 g/mol. The van der Waals surface area contributed by atoms with E-state index in [1.807, 2.05) is 48.5 Å². The Kier molecular flexibility index (Phi) is 3.23. The van der Waals surface area contributed by atoms with Gasteiger partial charge in [-0.3, -0.25) is 9.59 Å². The predicted molar refractivity (Wildman–Crippen MR) is 103 cm³/mol. The number of hydrogen-bond acceptors (Lipinski definition) is 4. The number of aromatic nitrogens is 1. The van der Waals surface area contributed by atoms with Crippen LogP contribution in [0.15, 0.2) is 66.7 Å². The van der Waals surface area contributed by atoms with Crippen molar-refractivity contribution in [1.29, 1.82) is 0 Å². The summed E-state index contributed by atoms with van der Waals surface area (Å²) >= 11 is 1.39. The van der Waals surface area contributed by atoms with Gasteiger partial charge >= 0.3 is 0 Å². The molecule has 0 bridgehead atoms. The van der Waals surface area contributed by atoms with Crippen LogP contribution in [0.25, 0.3) is 21.3 Å². The number of nitrogens with zero attached hydrogens (tertiary/aromatic N) is 1. The first-order chi connectivity index (χ1) is 12.7. The Bertz CT molecular complexity index is 1200. The SMILES string of the molecule is O=C(Nc1cccc2c1C(=O)c1cccc3snc-2c13)c1ccccc1. The molecule has 4 aromatic rings. The highest BCUT2D eigenvalue weighted by atomic mass is 32.1. The van der Waals surface area contributed by atoms with Crippen LogP contribution in [-0.2, 0) is 0 Å². The molecule has 4 nitrogen and oxygen atoms in total. The van der Waals surface area contributed by atoms with Crippen LogP contribution in [0, 0.1) is 0 Å². The van der Waals surface area contributed by atoms with Gasteiger partial charge in [-0.1, -0.05) is 42.5 Å². The first-order valence-electron chi connectivity index (χ1n) is 8.17. The van der Waals surface area contributed by atoms with E-state index in [-0.39, 0.29) is 11.7 Å². The Morgan fingerprint density at radius 2 is 1.65 bits per heavy atom. The molecule has 26 heavy (non-hydrogen) atoms. The van der Waals surface area contributed by atoms with Crippen molar-refractivity contribution in [1.82, 2.24) is 4.37 Å². The Hall–Kier alpha value is -3.31. The van der Waals surface area contributed by atoms with Gasteiger partial charge in [0.1, 0.15) is 0 Å². The van der Waals surface area contributed by atoms with Gasteiger partial charge in [0.05, 0.1) is 21.6 Å². The zero-order valence-electron chi connectivity index (χ0n) is 13.5. The molecule has 0 atom stereocenters. The topological polar surface area (TPSA) is 59.1 Å². The second-order valence-corrected chi connectivity index (χ2v) is 6.89. The molecule has 5 heteroatoms. The number of hydrogen-bond donors (Lipinski definition) is 1. The summed E-state index contributed by atoms with van der Waals surface area (Å²) in [5, 5.41) is 3.79. The lowest BCUT2D eigenvalue weighted by Gasteiger charge is -2.18. The van der Waals surface area contributed by atoms with E-state index < -0.39 is 0 Å². The van der Waals surface area contributed by atoms with E-state index in [4.69, 9.17) is 0 Å². The Morgan fingerprint density at radius 3 is 2.50 bits per heavy atom. The van der Waals surface area contributed by atoms with Gasteiger partial charge in [0.15, 0.2) is 5.78 Å². The maximum absolute atomic E-state index is 13.2. The molecule has 0 spiro atoms. The molecule has 1 aliphatic carbocycles. The molecule has 0 unspecified atom stereocenters. The van der Waals surface area contributed by atoms with Crippen molar-refractivity contribution in [3.8, 4) is 11.3 Å². The highest BCUT2D eigenvalue weighted by molar-refractivity contribution is 7.13. The van der Waals surface area contributed by atoms with E-state index in [0.717, 1.165) is 21.3 Å². The molecule has 1 heterocycles. The third kappa shape index (κ3) is 2.11. The smallest absolute Gasteiger partial charge is 0.255 e. The van der Waals surface area contributed by atoms with Gasteiger partial charge in [0, 0.05) is 22.1 Å². The number of benzene rings is 3. The Balaban J connectivity index is 1.67. The third-order valence-electron chi connectivity index (χ3n) is 4.57. The molecular formula is C21H12N2O2S. The number of carbonyl (C=O) groups is 2. The molecule has 5 rings (SSSR count). The summed E-state index contributed by atoms with van der Waals surface area (Å²) in [5.41, 5.74) is 3.78. The van der Waals surface area contributed by atoms with Crippen LogP contribution in [0.4, 0.5) is 5.69 Å². The van der Waals surface area contributed by atoms with Crippen molar-refractivity contribution in [2.24, 2.45) is 0 Å².